The number of carbonyl (C=O) groups is 14. The fraction of sp³-hybridized carbons (Fsp3) is 0.636. The number of amides is 12. The summed E-state index contributed by atoms with van der Waals surface area (Å²) in [6, 6.07) is -8.34. The Hall–Kier alpha value is -9.05. The first-order chi connectivity index (χ1) is 47.4. The number of nitrogens with one attached hydrogen (secondary N) is 12. The molecule has 12 amide bonds. The maximum absolute atomic E-state index is 14.9. The molecule has 1 saturated heterocycles. The summed E-state index contributed by atoms with van der Waals surface area (Å²) in [5.41, 5.74) is 18.7. The summed E-state index contributed by atoms with van der Waals surface area (Å²) in [6.45, 7) is 14.1. The van der Waals surface area contributed by atoms with Gasteiger partial charge in [-0.1, -0.05) is 105 Å². The van der Waals surface area contributed by atoms with Gasteiger partial charge in [0.2, 0.25) is 70.9 Å². The van der Waals surface area contributed by atoms with Gasteiger partial charge in [-0.2, -0.15) is 0 Å². The molecule has 34 heteroatoms. The van der Waals surface area contributed by atoms with E-state index in [4.69, 9.17) is 17.2 Å². The predicted octanol–water partition coefficient (Wildman–Crippen LogP) is -1.68. The molecule has 1 fully saturated rings. The SMILES string of the molecule is CC[C@@H](C)[C@@H](N)C1=N[C@H](C(=O)N[C@@H](CC(C)C)C(=O)N[C@@H](CCC(=O)O)C(=O)N[C@@H](C(=O)N[C@@H]2CCCCNC(=O)[C@@H](CC(N)=O)NC(=O)[C@@H](CC(=O)O)NC(=O)[C@@H](Cc3cnc[nH]3)NC(=O)[C@@H](Cc3ccccc3)NC(=O)[C@@H]([C@H](C)CC)NC(=O)[C@@H](CCCN)NC2=O)[C@@H](C)CC)CS1. The first kappa shape index (κ1) is 83.4. The Morgan fingerprint density at radius 3 is 1.85 bits per heavy atom. The van der Waals surface area contributed by atoms with Gasteiger partial charge in [-0.3, -0.25) is 72.1 Å². The zero-order valence-electron chi connectivity index (χ0n) is 58.2. The van der Waals surface area contributed by atoms with Crippen LogP contribution in [0.25, 0.3) is 0 Å². The number of aromatic amines is 1. The van der Waals surface area contributed by atoms with E-state index in [9.17, 15) is 77.3 Å². The Kier molecular flexibility index (Phi) is 35.1. The lowest BCUT2D eigenvalue weighted by atomic mass is 9.96. The van der Waals surface area contributed by atoms with E-state index in [2.05, 4.69) is 73.4 Å². The maximum Gasteiger partial charge on any atom is 0.305 e. The minimum Gasteiger partial charge on any atom is -0.481 e. The Morgan fingerprint density at radius 2 is 1.26 bits per heavy atom. The van der Waals surface area contributed by atoms with Gasteiger partial charge >= 0.3 is 11.9 Å². The molecule has 0 saturated carbocycles. The molecule has 0 spiro atoms. The van der Waals surface area contributed by atoms with E-state index in [1.54, 1.807) is 58.0 Å². The van der Waals surface area contributed by atoms with Gasteiger partial charge in [0.1, 0.15) is 66.5 Å². The molecule has 100 heavy (non-hydrogen) atoms. The highest BCUT2D eigenvalue weighted by Crippen LogP contribution is 2.25. The van der Waals surface area contributed by atoms with Crippen LogP contribution in [0.5, 0.6) is 0 Å². The van der Waals surface area contributed by atoms with Crippen molar-refractivity contribution in [3.63, 3.8) is 0 Å². The zero-order valence-corrected chi connectivity index (χ0v) is 59.0. The topological polar surface area (TPSA) is 531 Å². The van der Waals surface area contributed by atoms with Gasteiger partial charge in [-0.05, 0) is 80.7 Å². The minimum absolute atomic E-state index is 0.00117. The van der Waals surface area contributed by atoms with Crippen molar-refractivity contribution in [2.24, 2.45) is 45.9 Å². The fourth-order valence-electron chi connectivity index (χ4n) is 10.9. The van der Waals surface area contributed by atoms with Crippen molar-refractivity contribution in [1.29, 1.82) is 0 Å². The third kappa shape index (κ3) is 27.6. The Bertz CT molecular complexity index is 3160. The maximum atomic E-state index is 14.9. The molecule has 20 N–H and O–H groups in total. The highest BCUT2D eigenvalue weighted by atomic mass is 32.2. The molecule has 2 aromatic rings. The number of nitrogens with two attached hydrogens (primary N) is 3. The van der Waals surface area contributed by atoms with E-state index in [1.165, 1.54) is 24.3 Å². The summed E-state index contributed by atoms with van der Waals surface area (Å²) in [5.74, 6) is -15.4. The van der Waals surface area contributed by atoms with Gasteiger partial charge in [0.15, 0.2) is 0 Å². The number of nitrogens with zero attached hydrogens (tertiary/aromatic N) is 2. The average Bonchev–Trinajstić information content (AvgIpc) is 1.37. The van der Waals surface area contributed by atoms with E-state index >= 15 is 0 Å². The standard InChI is InChI=1S/C66H103N17O16S/c1-9-35(6)52(69)66-81-48(32-100-66)63(97)76-43(26-34(4)5)59(93)74-42(22-23-50(85)86)58(92)83-53(36(7)10-2)64(98)75-40-20-15-16-25-71-55(89)46(29-49(68)84)78-62(96)47(30-51(87)88)79-61(95)45(28-39-31-70-33-72-39)77-60(94)44(27-38-18-13-12-14-19-38)80-65(99)54(37(8)11-3)82-57(91)41(21-17-24-67)73-56(40)90/h12-14,18-19,31,33-37,40-48,52-54H,9-11,15-17,20-30,32,67,69H2,1-8H3,(H2,68,84)(H,70,72)(H,71,89)(H,73,90)(H,74,93)(H,75,98)(H,76,97)(H,77,94)(H,78,96)(H,79,95)(H,80,99)(H,82,91)(H,83,92)(H,85,86)(H,87,88)/t35-,36+,37-,40-,41-,42+,43+,44-,45-,46-,47-,48+,52-,53-,54-/m1/s1. The number of hydrogen-bond donors (Lipinski definition) is 17. The van der Waals surface area contributed by atoms with Gasteiger partial charge in [0.25, 0.3) is 0 Å². The molecule has 3 heterocycles. The van der Waals surface area contributed by atoms with Gasteiger partial charge in [0, 0.05) is 43.5 Å². The highest BCUT2D eigenvalue weighted by Gasteiger charge is 2.40. The molecule has 0 radical (unpaired) electrons. The normalized spacial score (nSPS) is 23.1. The second kappa shape index (κ2) is 42.1. The van der Waals surface area contributed by atoms with Crippen LogP contribution >= 0.6 is 11.8 Å². The van der Waals surface area contributed by atoms with Crippen LogP contribution in [0.1, 0.15) is 150 Å². The molecule has 4 rings (SSSR count). The molecular weight excluding hydrogens is 1320 g/mol. The summed E-state index contributed by atoms with van der Waals surface area (Å²) >= 11 is 1.35. The average molecular weight is 1420 g/mol. The Balaban J connectivity index is 1.77. The second-order valence-electron chi connectivity index (χ2n) is 26.0. The van der Waals surface area contributed by atoms with Gasteiger partial charge < -0.3 is 90.9 Å². The lowest BCUT2D eigenvalue weighted by Gasteiger charge is -2.30. The van der Waals surface area contributed by atoms with Crippen molar-refractivity contribution in [2.75, 3.05) is 18.8 Å². The van der Waals surface area contributed by atoms with E-state index in [0.29, 0.717) is 16.3 Å². The highest BCUT2D eigenvalue weighted by molar-refractivity contribution is 8.14. The number of imidazole rings is 1. The molecule has 2 aliphatic heterocycles. The molecule has 0 bridgehead atoms. The number of hydrogen-bond acceptors (Lipinski definition) is 19. The number of aromatic nitrogens is 2. The number of carbonyl (C=O) groups excluding carboxylic acids is 12. The van der Waals surface area contributed by atoms with Crippen molar-refractivity contribution >= 4 is 99.6 Å². The van der Waals surface area contributed by atoms with Gasteiger partial charge in [-0.15, -0.1) is 11.8 Å². The molecule has 554 valence electrons. The molecule has 2 aliphatic rings. The number of rotatable bonds is 31. The molecule has 0 aliphatic carbocycles. The zero-order chi connectivity index (χ0) is 74.3. The van der Waals surface area contributed by atoms with Crippen molar-refractivity contribution in [3.05, 3.63) is 54.1 Å². The van der Waals surface area contributed by atoms with Crippen LogP contribution < -0.4 is 75.7 Å². The number of primary amides is 1. The van der Waals surface area contributed by atoms with Crippen molar-refractivity contribution in [2.45, 2.75) is 224 Å². The fourth-order valence-corrected chi connectivity index (χ4v) is 12.0. The Labute approximate surface area is 586 Å². The van der Waals surface area contributed by atoms with Gasteiger partial charge in [0.05, 0.1) is 30.3 Å². The van der Waals surface area contributed by atoms with Gasteiger partial charge in [-0.25, -0.2) is 4.98 Å². The number of aliphatic carboxylic acids is 2. The number of aliphatic imine (C=N–C) groups is 1. The lowest BCUT2D eigenvalue weighted by molar-refractivity contribution is -0.142. The summed E-state index contributed by atoms with van der Waals surface area (Å²) in [4.78, 5) is 207. The van der Waals surface area contributed by atoms with Crippen LogP contribution in [0, 0.1) is 23.7 Å². The summed E-state index contributed by atoms with van der Waals surface area (Å²) < 4.78 is 0. The Morgan fingerprint density at radius 1 is 0.660 bits per heavy atom. The quantitative estimate of drug-likeness (QED) is 0.0401. The number of carboxylic acid groups (broad SMARTS) is 2. The lowest BCUT2D eigenvalue weighted by Crippen LogP contribution is -2.62. The number of thioether (sulfide) groups is 1. The van der Waals surface area contributed by atoms with Crippen molar-refractivity contribution in [1.82, 2.24) is 68.5 Å². The molecule has 33 nitrogen and oxygen atoms in total. The first-order valence-electron chi connectivity index (χ1n) is 34.1. The van der Waals surface area contributed by atoms with Crippen LogP contribution in [-0.4, -0.2) is 199 Å². The molecule has 15 atom stereocenters. The van der Waals surface area contributed by atoms with Crippen LogP contribution in [0.15, 0.2) is 47.8 Å². The van der Waals surface area contributed by atoms with Crippen LogP contribution in [-0.2, 0) is 80.0 Å². The van der Waals surface area contributed by atoms with E-state index < -0.39 is 193 Å². The minimum atomic E-state index is -1.94. The molecule has 0 unspecified atom stereocenters. The van der Waals surface area contributed by atoms with Crippen LogP contribution in [0.4, 0.5) is 0 Å². The first-order valence-corrected chi connectivity index (χ1v) is 35.1. The summed E-state index contributed by atoms with van der Waals surface area (Å²) in [6.07, 6.45) is 0.368. The second-order valence-corrected chi connectivity index (χ2v) is 27.0. The molecule has 1 aromatic carbocycles. The number of H-pyrrole nitrogens is 1. The largest absolute Gasteiger partial charge is 0.481 e. The van der Waals surface area contributed by atoms with E-state index in [0.717, 1.165) is 6.42 Å². The van der Waals surface area contributed by atoms with E-state index in [-0.39, 0.29) is 94.9 Å². The van der Waals surface area contributed by atoms with Crippen molar-refractivity contribution < 1.29 is 77.3 Å². The monoisotopic (exact) mass is 1420 g/mol. The molecule has 1 aromatic heterocycles. The predicted molar refractivity (Wildman–Crippen MR) is 369 cm³/mol. The third-order valence-electron chi connectivity index (χ3n) is 17.5. The smallest absolute Gasteiger partial charge is 0.305 e. The van der Waals surface area contributed by atoms with Crippen LogP contribution in [0.3, 0.4) is 0 Å². The molecular formula is C66H103N17O16S. The number of benzene rings is 1. The number of carboxylic acids is 2. The summed E-state index contributed by atoms with van der Waals surface area (Å²) in [7, 11) is 0. The van der Waals surface area contributed by atoms with E-state index in [1.807, 2.05) is 27.7 Å². The van der Waals surface area contributed by atoms with Crippen molar-refractivity contribution in [3.8, 4) is 0 Å². The van der Waals surface area contributed by atoms with Crippen LogP contribution in [0.2, 0.25) is 0 Å². The third-order valence-corrected chi connectivity index (χ3v) is 18.6. The summed E-state index contributed by atoms with van der Waals surface area (Å²) in [5, 5.41) is 49.1.